The van der Waals surface area contributed by atoms with Gasteiger partial charge in [-0.05, 0) is 24.8 Å². The molecule has 0 aromatic rings. The SMILES string of the molecule is C=CCN(CC=C)CC(C)(CCC)CNCCC. The lowest BCUT2D eigenvalue weighted by molar-refractivity contribution is 0.171. The summed E-state index contributed by atoms with van der Waals surface area (Å²) in [7, 11) is 0. The van der Waals surface area contributed by atoms with Gasteiger partial charge in [-0.2, -0.15) is 0 Å². The maximum Gasteiger partial charge on any atom is 0.0164 e. The minimum atomic E-state index is 0.343. The third-order valence-electron chi connectivity index (χ3n) is 3.21. The molecule has 106 valence electrons. The van der Waals surface area contributed by atoms with Crippen LogP contribution >= 0.6 is 0 Å². The van der Waals surface area contributed by atoms with Gasteiger partial charge in [0.15, 0.2) is 0 Å². The van der Waals surface area contributed by atoms with E-state index in [1.807, 2.05) is 12.2 Å². The molecule has 1 unspecified atom stereocenters. The molecule has 1 N–H and O–H groups in total. The number of hydrogen-bond acceptors (Lipinski definition) is 2. The Bertz CT molecular complexity index is 215. The second-order valence-corrected chi connectivity index (χ2v) is 5.51. The maximum absolute atomic E-state index is 3.84. The predicted octanol–water partition coefficient (Wildman–Crippen LogP) is 3.47. The average molecular weight is 252 g/mol. The lowest BCUT2D eigenvalue weighted by atomic mass is 9.84. The van der Waals surface area contributed by atoms with Gasteiger partial charge < -0.3 is 5.32 Å². The fourth-order valence-corrected chi connectivity index (χ4v) is 2.50. The van der Waals surface area contributed by atoms with E-state index in [9.17, 15) is 0 Å². The van der Waals surface area contributed by atoms with Crippen LogP contribution in [0.2, 0.25) is 0 Å². The van der Waals surface area contributed by atoms with Crippen molar-refractivity contribution in [1.29, 1.82) is 0 Å². The Hall–Kier alpha value is -0.600. The van der Waals surface area contributed by atoms with Crippen LogP contribution in [-0.4, -0.2) is 37.6 Å². The Kier molecular flexibility index (Phi) is 9.99. The van der Waals surface area contributed by atoms with Crippen molar-refractivity contribution < 1.29 is 0 Å². The number of rotatable bonds is 12. The average Bonchev–Trinajstić information content (AvgIpc) is 2.30. The van der Waals surface area contributed by atoms with Crippen molar-refractivity contribution in [1.82, 2.24) is 10.2 Å². The molecule has 0 bridgehead atoms. The fraction of sp³-hybridized carbons (Fsp3) is 0.750. The summed E-state index contributed by atoms with van der Waals surface area (Å²) in [5.41, 5.74) is 0.343. The van der Waals surface area contributed by atoms with Gasteiger partial charge in [-0.1, -0.05) is 39.3 Å². The molecule has 0 amide bonds. The van der Waals surface area contributed by atoms with E-state index in [0.717, 1.165) is 32.7 Å². The van der Waals surface area contributed by atoms with E-state index in [0.29, 0.717) is 5.41 Å². The quantitative estimate of drug-likeness (QED) is 0.423. The summed E-state index contributed by atoms with van der Waals surface area (Å²) in [6.45, 7) is 19.8. The van der Waals surface area contributed by atoms with E-state index in [1.165, 1.54) is 19.3 Å². The molecule has 0 fully saturated rings. The van der Waals surface area contributed by atoms with Crippen LogP contribution < -0.4 is 5.32 Å². The molecular formula is C16H32N2. The Balaban J connectivity index is 4.42. The van der Waals surface area contributed by atoms with Gasteiger partial charge in [-0.3, -0.25) is 4.90 Å². The Morgan fingerprint density at radius 3 is 2.17 bits per heavy atom. The van der Waals surface area contributed by atoms with Crippen LogP contribution in [0.15, 0.2) is 25.3 Å². The first-order chi connectivity index (χ1) is 8.61. The molecule has 1 atom stereocenters. The molecule has 0 aliphatic heterocycles. The highest BCUT2D eigenvalue weighted by Gasteiger charge is 2.25. The Morgan fingerprint density at radius 1 is 1.11 bits per heavy atom. The van der Waals surface area contributed by atoms with Crippen molar-refractivity contribution in [3.05, 3.63) is 25.3 Å². The summed E-state index contributed by atoms with van der Waals surface area (Å²) in [6.07, 6.45) is 7.66. The van der Waals surface area contributed by atoms with Gasteiger partial charge in [0.25, 0.3) is 0 Å². The molecule has 2 heteroatoms. The van der Waals surface area contributed by atoms with Gasteiger partial charge in [-0.15, -0.1) is 13.2 Å². The molecular weight excluding hydrogens is 220 g/mol. The van der Waals surface area contributed by atoms with Crippen LogP contribution in [0.3, 0.4) is 0 Å². The molecule has 0 rings (SSSR count). The summed E-state index contributed by atoms with van der Waals surface area (Å²) >= 11 is 0. The molecule has 18 heavy (non-hydrogen) atoms. The normalized spacial score (nSPS) is 14.4. The van der Waals surface area contributed by atoms with Gasteiger partial charge in [0, 0.05) is 26.2 Å². The molecule has 0 saturated heterocycles. The molecule has 0 aromatic heterocycles. The largest absolute Gasteiger partial charge is 0.316 e. The van der Waals surface area contributed by atoms with Crippen LogP contribution in [0.1, 0.15) is 40.0 Å². The minimum absolute atomic E-state index is 0.343. The van der Waals surface area contributed by atoms with Crippen molar-refractivity contribution >= 4 is 0 Å². The second kappa shape index (κ2) is 10.3. The van der Waals surface area contributed by atoms with Crippen molar-refractivity contribution in [2.24, 2.45) is 5.41 Å². The van der Waals surface area contributed by atoms with Crippen LogP contribution in [-0.2, 0) is 0 Å². The highest BCUT2D eigenvalue weighted by atomic mass is 15.1. The van der Waals surface area contributed by atoms with Crippen LogP contribution in [0.5, 0.6) is 0 Å². The third kappa shape index (κ3) is 7.67. The summed E-state index contributed by atoms with van der Waals surface area (Å²) in [5, 5.41) is 3.57. The third-order valence-corrected chi connectivity index (χ3v) is 3.21. The molecule has 0 saturated carbocycles. The van der Waals surface area contributed by atoms with E-state index in [4.69, 9.17) is 0 Å². The van der Waals surface area contributed by atoms with E-state index >= 15 is 0 Å². The van der Waals surface area contributed by atoms with Crippen molar-refractivity contribution in [2.75, 3.05) is 32.7 Å². The van der Waals surface area contributed by atoms with Crippen LogP contribution in [0, 0.1) is 5.41 Å². The topological polar surface area (TPSA) is 15.3 Å². The van der Waals surface area contributed by atoms with Gasteiger partial charge in [0.1, 0.15) is 0 Å². The van der Waals surface area contributed by atoms with E-state index in [2.05, 4.69) is 44.1 Å². The highest BCUT2D eigenvalue weighted by Crippen LogP contribution is 2.24. The van der Waals surface area contributed by atoms with E-state index in [-0.39, 0.29) is 0 Å². The zero-order valence-electron chi connectivity index (χ0n) is 12.7. The second-order valence-electron chi connectivity index (χ2n) is 5.51. The maximum atomic E-state index is 3.84. The zero-order valence-corrected chi connectivity index (χ0v) is 12.7. The van der Waals surface area contributed by atoms with Gasteiger partial charge in [0.2, 0.25) is 0 Å². The first kappa shape index (κ1) is 17.4. The molecule has 2 nitrogen and oxygen atoms in total. The van der Waals surface area contributed by atoms with Gasteiger partial charge >= 0.3 is 0 Å². The number of nitrogens with one attached hydrogen (secondary N) is 1. The van der Waals surface area contributed by atoms with Gasteiger partial charge in [-0.25, -0.2) is 0 Å². The Labute approximate surface area is 114 Å². The lowest BCUT2D eigenvalue weighted by Gasteiger charge is -2.35. The summed E-state index contributed by atoms with van der Waals surface area (Å²) in [5.74, 6) is 0. The minimum Gasteiger partial charge on any atom is -0.316 e. The van der Waals surface area contributed by atoms with Crippen LogP contribution in [0.4, 0.5) is 0 Å². The lowest BCUT2D eigenvalue weighted by Crippen LogP contribution is -2.42. The molecule has 0 aliphatic carbocycles. The molecule has 0 aliphatic rings. The van der Waals surface area contributed by atoms with Crippen molar-refractivity contribution in [3.8, 4) is 0 Å². The summed E-state index contributed by atoms with van der Waals surface area (Å²) in [6, 6.07) is 0. The molecule has 0 aromatic carbocycles. The predicted molar refractivity (Wildman–Crippen MR) is 83.0 cm³/mol. The van der Waals surface area contributed by atoms with E-state index < -0.39 is 0 Å². The van der Waals surface area contributed by atoms with Gasteiger partial charge in [0.05, 0.1) is 0 Å². The fourth-order valence-electron chi connectivity index (χ4n) is 2.50. The molecule has 0 heterocycles. The monoisotopic (exact) mass is 252 g/mol. The molecule has 0 spiro atoms. The highest BCUT2D eigenvalue weighted by molar-refractivity contribution is 4.86. The zero-order chi connectivity index (χ0) is 13.9. The summed E-state index contributed by atoms with van der Waals surface area (Å²) in [4.78, 5) is 2.42. The van der Waals surface area contributed by atoms with E-state index in [1.54, 1.807) is 0 Å². The van der Waals surface area contributed by atoms with Crippen molar-refractivity contribution in [2.45, 2.75) is 40.0 Å². The van der Waals surface area contributed by atoms with Crippen molar-refractivity contribution in [3.63, 3.8) is 0 Å². The molecule has 0 radical (unpaired) electrons. The smallest absolute Gasteiger partial charge is 0.0164 e. The van der Waals surface area contributed by atoms with Crippen LogP contribution in [0.25, 0.3) is 0 Å². The standard InChI is InChI=1S/C16H32N2/c1-6-10-16(5,14-17-11-7-2)15-18(12-8-3)13-9-4/h8-9,17H,3-4,6-7,10-15H2,1-2,5H3. The first-order valence-electron chi connectivity index (χ1n) is 7.26. The number of nitrogens with zero attached hydrogens (tertiary/aromatic N) is 1. The number of hydrogen-bond donors (Lipinski definition) is 1. The first-order valence-corrected chi connectivity index (χ1v) is 7.26. The summed E-state index contributed by atoms with van der Waals surface area (Å²) < 4.78 is 0. The Morgan fingerprint density at radius 2 is 1.72 bits per heavy atom.